The molecule has 4 nitrogen and oxygen atoms in total. The van der Waals surface area contributed by atoms with E-state index in [1.54, 1.807) is 13.3 Å². The number of rotatable bonds is 8. The van der Waals surface area contributed by atoms with Crippen molar-refractivity contribution in [2.75, 3.05) is 7.11 Å². The van der Waals surface area contributed by atoms with E-state index in [0.29, 0.717) is 23.9 Å². The molecule has 0 fully saturated rings. The van der Waals surface area contributed by atoms with Gasteiger partial charge in [0.1, 0.15) is 6.61 Å². The lowest BCUT2D eigenvalue weighted by atomic mass is 10.1. The van der Waals surface area contributed by atoms with Crippen LogP contribution in [0.2, 0.25) is 5.02 Å². The quantitative estimate of drug-likeness (QED) is 0.571. The lowest BCUT2D eigenvalue weighted by Crippen LogP contribution is -2.14. The highest BCUT2D eigenvalue weighted by atomic mass is 35.5. The number of pyridine rings is 1. The summed E-state index contributed by atoms with van der Waals surface area (Å²) in [5.74, 6) is 1.44. The third-order valence-corrected chi connectivity index (χ3v) is 4.35. The zero-order chi connectivity index (χ0) is 18.2. The molecule has 0 bridgehead atoms. The minimum absolute atomic E-state index is 0. The Balaban J connectivity index is 0.00000261. The van der Waals surface area contributed by atoms with E-state index in [4.69, 9.17) is 21.1 Å². The predicted molar refractivity (Wildman–Crippen MR) is 111 cm³/mol. The first-order chi connectivity index (χ1) is 12.8. The lowest BCUT2D eigenvalue weighted by molar-refractivity contribution is 0.280. The first-order valence-electron chi connectivity index (χ1n) is 8.39. The number of ether oxygens (including phenoxy) is 2. The van der Waals surface area contributed by atoms with Gasteiger partial charge in [0.25, 0.3) is 0 Å². The van der Waals surface area contributed by atoms with E-state index in [0.717, 1.165) is 29.0 Å². The molecule has 2 aromatic carbocycles. The Morgan fingerprint density at radius 1 is 0.963 bits per heavy atom. The highest BCUT2D eigenvalue weighted by Crippen LogP contribution is 2.32. The van der Waals surface area contributed by atoms with E-state index in [1.807, 2.05) is 60.8 Å². The number of benzene rings is 2. The van der Waals surface area contributed by atoms with Crippen molar-refractivity contribution in [3.63, 3.8) is 0 Å². The standard InChI is InChI=1S/C21H21ClN2O2.ClH/c1-25-20-10-4-8-17(14-24-13-16-6-5-11-23-12-16)21(20)26-15-18-7-2-3-9-19(18)22;/h2-12,24H,13-15H2,1H3;1H. The predicted octanol–water partition coefficient (Wildman–Crippen LogP) is 5.03. The van der Waals surface area contributed by atoms with Crippen LogP contribution in [0.5, 0.6) is 11.5 Å². The fourth-order valence-corrected chi connectivity index (χ4v) is 2.82. The van der Waals surface area contributed by atoms with Crippen LogP contribution in [0.4, 0.5) is 0 Å². The monoisotopic (exact) mass is 404 g/mol. The zero-order valence-electron chi connectivity index (χ0n) is 15.0. The summed E-state index contributed by atoms with van der Waals surface area (Å²) in [5, 5.41) is 4.11. The van der Waals surface area contributed by atoms with Crippen LogP contribution in [-0.4, -0.2) is 12.1 Å². The van der Waals surface area contributed by atoms with Crippen LogP contribution in [0.1, 0.15) is 16.7 Å². The topological polar surface area (TPSA) is 43.4 Å². The molecule has 0 saturated carbocycles. The molecule has 0 radical (unpaired) electrons. The van der Waals surface area contributed by atoms with Gasteiger partial charge < -0.3 is 14.8 Å². The van der Waals surface area contributed by atoms with Crippen LogP contribution in [0.25, 0.3) is 0 Å². The Morgan fingerprint density at radius 2 is 1.78 bits per heavy atom. The van der Waals surface area contributed by atoms with Gasteiger partial charge in [-0.25, -0.2) is 0 Å². The first-order valence-corrected chi connectivity index (χ1v) is 8.77. The highest BCUT2D eigenvalue weighted by Gasteiger charge is 2.11. The third-order valence-electron chi connectivity index (χ3n) is 3.98. The number of hydrogen-bond acceptors (Lipinski definition) is 4. The summed E-state index contributed by atoms with van der Waals surface area (Å²) in [4.78, 5) is 4.13. The summed E-state index contributed by atoms with van der Waals surface area (Å²) in [6.07, 6.45) is 3.62. The van der Waals surface area contributed by atoms with Crippen LogP contribution in [0, 0.1) is 0 Å². The van der Waals surface area contributed by atoms with Gasteiger partial charge in [0.05, 0.1) is 7.11 Å². The van der Waals surface area contributed by atoms with Gasteiger partial charge in [-0.2, -0.15) is 0 Å². The van der Waals surface area contributed by atoms with E-state index < -0.39 is 0 Å². The van der Waals surface area contributed by atoms with Crippen molar-refractivity contribution in [2.45, 2.75) is 19.7 Å². The summed E-state index contributed by atoms with van der Waals surface area (Å²) >= 11 is 6.23. The van der Waals surface area contributed by atoms with Gasteiger partial charge in [-0.05, 0) is 23.8 Å². The summed E-state index contributed by atoms with van der Waals surface area (Å²) in [5.41, 5.74) is 3.10. The number of halogens is 2. The Morgan fingerprint density at radius 3 is 2.52 bits per heavy atom. The molecule has 0 amide bonds. The van der Waals surface area contributed by atoms with Crippen molar-refractivity contribution in [1.82, 2.24) is 10.3 Å². The van der Waals surface area contributed by atoms with E-state index in [2.05, 4.69) is 10.3 Å². The van der Waals surface area contributed by atoms with Crippen LogP contribution < -0.4 is 14.8 Å². The van der Waals surface area contributed by atoms with Gasteiger partial charge in [0.2, 0.25) is 0 Å². The maximum atomic E-state index is 6.23. The Labute approximate surface area is 170 Å². The summed E-state index contributed by atoms with van der Waals surface area (Å²) in [7, 11) is 1.64. The number of nitrogens with zero attached hydrogens (tertiary/aromatic N) is 1. The Hall–Kier alpha value is -2.27. The fraction of sp³-hybridized carbons (Fsp3) is 0.190. The molecular weight excluding hydrogens is 383 g/mol. The molecule has 1 N–H and O–H groups in total. The molecule has 0 aliphatic rings. The molecule has 0 aliphatic carbocycles. The van der Waals surface area contributed by atoms with Crippen molar-refractivity contribution < 1.29 is 9.47 Å². The SMILES string of the molecule is COc1cccc(CNCc2cccnc2)c1OCc1ccccc1Cl.Cl. The molecule has 0 aliphatic heterocycles. The lowest BCUT2D eigenvalue weighted by Gasteiger charge is -2.16. The molecule has 3 rings (SSSR count). The average Bonchev–Trinajstić information content (AvgIpc) is 2.68. The van der Waals surface area contributed by atoms with Gasteiger partial charge in [0, 0.05) is 41.6 Å². The average molecular weight is 405 g/mol. The van der Waals surface area contributed by atoms with E-state index in [1.165, 1.54) is 0 Å². The van der Waals surface area contributed by atoms with Crippen LogP contribution in [-0.2, 0) is 19.7 Å². The summed E-state index contributed by atoms with van der Waals surface area (Å²) < 4.78 is 11.5. The largest absolute Gasteiger partial charge is 0.493 e. The van der Waals surface area contributed by atoms with Crippen LogP contribution in [0.15, 0.2) is 67.0 Å². The normalized spacial score (nSPS) is 10.1. The van der Waals surface area contributed by atoms with Gasteiger partial charge >= 0.3 is 0 Å². The van der Waals surface area contributed by atoms with Crippen molar-refractivity contribution >= 4 is 24.0 Å². The molecule has 1 aromatic heterocycles. The van der Waals surface area contributed by atoms with Crippen LogP contribution >= 0.6 is 24.0 Å². The van der Waals surface area contributed by atoms with E-state index >= 15 is 0 Å². The molecule has 0 unspecified atom stereocenters. The molecule has 27 heavy (non-hydrogen) atoms. The second-order valence-corrected chi connectivity index (χ2v) is 6.20. The number of aromatic nitrogens is 1. The molecule has 6 heteroatoms. The van der Waals surface area contributed by atoms with Gasteiger partial charge in [0.15, 0.2) is 11.5 Å². The van der Waals surface area contributed by atoms with Gasteiger partial charge in [-0.15, -0.1) is 12.4 Å². The smallest absolute Gasteiger partial charge is 0.166 e. The van der Waals surface area contributed by atoms with Crippen LogP contribution in [0.3, 0.4) is 0 Å². The molecule has 1 heterocycles. The molecule has 0 saturated heterocycles. The Kier molecular flexibility index (Phi) is 8.40. The maximum Gasteiger partial charge on any atom is 0.166 e. The summed E-state index contributed by atoms with van der Waals surface area (Å²) in [6, 6.07) is 17.5. The molecule has 142 valence electrons. The number of methoxy groups -OCH3 is 1. The highest BCUT2D eigenvalue weighted by molar-refractivity contribution is 6.31. The zero-order valence-corrected chi connectivity index (χ0v) is 16.6. The Bertz CT molecular complexity index is 845. The third kappa shape index (κ3) is 5.86. The van der Waals surface area contributed by atoms with Crippen molar-refractivity contribution in [3.8, 4) is 11.5 Å². The molecule has 3 aromatic rings. The number of nitrogens with one attached hydrogen (secondary N) is 1. The van der Waals surface area contributed by atoms with Gasteiger partial charge in [-0.1, -0.05) is 48.0 Å². The second kappa shape index (κ2) is 10.8. The number of para-hydroxylation sites is 1. The molecule has 0 atom stereocenters. The minimum Gasteiger partial charge on any atom is -0.493 e. The summed E-state index contributed by atoms with van der Waals surface area (Å²) in [6.45, 7) is 1.77. The van der Waals surface area contributed by atoms with E-state index in [-0.39, 0.29) is 12.4 Å². The van der Waals surface area contributed by atoms with Crippen molar-refractivity contribution in [3.05, 3.63) is 88.7 Å². The maximum absolute atomic E-state index is 6.23. The molecular formula is C21H22Cl2N2O2. The first kappa shape index (κ1) is 21.0. The molecule has 0 spiro atoms. The second-order valence-electron chi connectivity index (χ2n) is 5.79. The van der Waals surface area contributed by atoms with Crippen molar-refractivity contribution in [1.29, 1.82) is 0 Å². The van der Waals surface area contributed by atoms with E-state index in [9.17, 15) is 0 Å². The van der Waals surface area contributed by atoms with Gasteiger partial charge in [-0.3, -0.25) is 4.98 Å². The number of hydrogen-bond donors (Lipinski definition) is 1. The fourth-order valence-electron chi connectivity index (χ4n) is 2.63. The minimum atomic E-state index is 0. The van der Waals surface area contributed by atoms with Crippen molar-refractivity contribution in [2.24, 2.45) is 0 Å².